The molecule has 118 valence electrons. The number of benzene rings is 2. The first-order valence-electron chi connectivity index (χ1n) is 7.65. The van der Waals surface area contributed by atoms with Crippen molar-refractivity contribution in [2.24, 2.45) is 0 Å². The Balaban J connectivity index is 1.45. The molecule has 0 radical (unpaired) electrons. The molecule has 5 heteroatoms. The molecular weight excluding hydrogens is 302 g/mol. The van der Waals surface area contributed by atoms with E-state index < -0.39 is 0 Å². The van der Waals surface area contributed by atoms with Crippen molar-refractivity contribution < 1.29 is 9.21 Å². The summed E-state index contributed by atoms with van der Waals surface area (Å²) in [5, 5.41) is 8.09. The van der Waals surface area contributed by atoms with Gasteiger partial charge in [-0.15, -0.1) is 0 Å². The van der Waals surface area contributed by atoms with E-state index in [9.17, 15) is 4.79 Å². The minimum Gasteiger partial charge on any atom is -0.451 e. The summed E-state index contributed by atoms with van der Waals surface area (Å²) in [6, 6.07) is 19.1. The van der Waals surface area contributed by atoms with Crippen LogP contribution >= 0.6 is 0 Å². The molecule has 0 saturated carbocycles. The Labute approximate surface area is 138 Å². The molecular formula is C19H15N3O2. The van der Waals surface area contributed by atoms with Crippen LogP contribution in [0.25, 0.3) is 16.7 Å². The molecule has 0 aliphatic heterocycles. The average molecular weight is 317 g/mol. The van der Waals surface area contributed by atoms with E-state index >= 15 is 0 Å². The van der Waals surface area contributed by atoms with Crippen molar-refractivity contribution in [3.63, 3.8) is 0 Å². The number of fused-ring (bicyclic) bond motifs is 1. The monoisotopic (exact) mass is 317 g/mol. The highest BCUT2D eigenvalue weighted by atomic mass is 16.3. The number of nitrogens with one attached hydrogen (secondary N) is 1. The molecule has 1 N–H and O–H groups in total. The number of hydrogen-bond donors (Lipinski definition) is 1. The minimum atomic E-state index is -0.237. The fourth-order valence-corrected chi connectivity index (χ4v) is 2.54. The largest absolute Gasteiger partial charge is 0.451 e. The van der Waals surface area contributed by atoms with Crippen LogP contribution in [0.1, 0.15) is 16.1 Å². The second-order valence-electron chi connectivity index (χ2n) is 5.46. The Bertz CT molecular complexity index is 953. The minimum absolute atomic E-state index is 0.237. The molecule has 0 atom stereocenters. The van der Waals surface area contributed by atoms with Crippen molar-refractivity contribution >= 4 is 16.9 Å². The van der Waals surface area contributed by atoms with E-state index in [1.807, 2.05) is 60.8 Å². The molecule has 0 fully saturated rings. The van der Waals surface area contributed by atoms with E-state index in [1.54, 1.807) is 16.9 Å². The highest BCUT2D eigenvalue weighted by Gasteiger charge is 2.12. The first kappa shape index (κ1) is 14.3. The zero-order valence-electron chi connectivity index (χ0n) is 12.8. The van der Waals surface area contributed by atoms with E-state index in [0.717, 1.165) is 16.6 Å². The van der Waals surface area contributed by atoms with Crippen molar-refractivity contribution in [2.75, 3.05) is 0 Å². The standard InChI is InChI=1S/C19H15N3O2/c23-19(18-10-15-6-4-5-9-17(15)24-18)20-11-14-12-21-22(13-14)16-7-2-1-3-8-16/h1-10,12-13H,11H2,(H,20,23). The van der Waals surface area contributed by atoms with Gasteiger partial charge in [0, 0.05) is 23.7 Å². The molecule has 4 aromatic rings. The number of para-hydroxylation sites is 2. The van der Waals surface area contributed by atoms with Gasteiger partial charge in [-0.25, -0.2) is 4.68 Å². The van der Waals surface area contributed by atoms with Gasteiger partial charge in [-0.2, -0.15) is 5.10 Å². The fourth-order valence-electron chi connectivity index (χ4n) is 2.54. The third kappa shape index (κ3) is 2.79. The number of aromatic nitrogens is 2. The van der Waals surface area contributed by atoms with Crippen molar-refractivity contribution in [3.05, 3.63) is 84.4 Å². The summed E-state index contributed by atoms with van der Waals surface area (Å²) in [7, 11) is 0. The number of carbonyl (C=O) groups is 1. The van der Waals surface area contributed by atoms with Crippen molar-refractivity contribution in [2.45, 2.75) is 6.54 Å². The van der Waals surface area contributed by atoms with Crippen LogP contribution in [0.3, 0.4) is 0 Å². The zero-order valence-corrected chi connectivity index (χ0v) is 12.8. The molecule has 24 heavy (non-hydrogen) atoms. The summed E-state index contributed by atoms with van der Waals surface area (Å²) in [6.45, 7) is 0.392. The van der Waals surface area contributed by atoms with Gasteiger partial charge >= 0.3 is 0 Å². The van der Waals surface area contributed by atoms with Crippen LogP contribution in [0.2, 0.25) is 0 Å². The normalized spacial score (nSPS) is 10.8. The van der Waals surface area contributed by atoms with Crippen molar-refractivity contribution in [3.8, 4) is 5.69 Å². The van der Waals surface area contributed by atoms with E-state index in [-0.39, 0.29) is 5.91 Å². The Kier molecular flexibility index (Phi) is 3.59. The SMILES string of the molecule is O=C(NCc1cnn(-c2ccccc2)c1)c1cc2ccccc2o1. The molecule has 2 heterocycles. The van der Waals surface area contributed by atoms with Crippen LogP contribution in [0.15, 0.2) is 77.5 Å². The Morgan fingerprint density at radius 2 is 1.88 bits per heavy atom. The van der Waals surface area contributed by atoms with Crippen LogP contribution in [0.5, 0.6) is 0 Å². The number of rotatable bonds is 4. The van der Waals surface area contributed by atoms with Crippen molar-refractivity contribution in [1.29, 1.82) is 0 Å². The molecule has 0 aliphatic rings. The molecule has 2 aromatic heterocycles. The Morgan fingerprint density at radius 3 is 2.71 bits per heavy atom. The van der Waals surface area contributed by atoms with Gasteiger partial charge in [0.05, 0.1) is 11.9 Å². The van der Waals surface area contributed by atoms with Crippen LogP contribution < -0.4 is 5.32 Å². The summed E-state index contributed by atoms with van der Waals surface area (Å²) in [6.07, 6.45) is 3.64. The summed E-state index contributed by atoms with van der Waals surface area (Å²) >= 11 is 0. The van der Waals surface area contributed by atoms with E-state index in [2.05, 4.69) is 10.4 Å². The maximum absolute atomic E-state index is 12.2. The fraction of sp³-hybridized carbons (Fsp3) is 0.0526. The van der Waals surface area contributed by atoms with Crippen LogP contribution in [0, 0.1) is 0 Å². The lowest BCUT2D eigenvalue weighted by Crippen LogP contribution is -2.21. The average Bonchev–Trinajstić information content (AvgIpc) is 3.27. The maximum atomic E-state index is 12.2. The molecule has 0 bridgehead atoms. The predicted molar refractivity (Wildman–Crippen MR) is 90.9 cm³/mol. The topological polar surface area (TPSA) is 60.1 Å². The smallest absolute Gasteiger partial charge is 0.287 e. The van der Waals surface area contributed by atoms with E-state index in [0.29, 0.717) is 17.9 Å². The quantitative estimate of drug-likeness (QED) is 0.626. The van der Waals surface area contributed by atoms with Gasteiger partial charge in [-0.1, -0.05) is 36.4 Å². The molecule has 1 amide bonds. The molecule has 5 nitrogen and oxygen atoms in total. The van der Waals surface area contributed by atoms with Gasteiger partial charge in [0.15, 0.2) is 5.76 Å². The summed E-state index contributed by atoms with van der Waals surface area (Å²) in [5.74, 6) is 0.0744. The van der Waals surface area contributed by atoms with Crippen molar-refractivity contribution in [1.82, 2.24) is 15.1 Å². The number of furan rings is 1. The van der Waals surface area contributed by atoms with Gasteiger partial charge in [-0.05, 0) is 24.3 Å². The van der Waals surface area contributed by atoms with Crippen LogP contribution in [-0.4, -0.2) is 15.7 Å². The van der Waals surface area contributed by atoms with Gasteiger partial charge < -0.3 is 9.73 Å². The molecule has 0 unspecified atom stereocenters. The lowest BCUT2D eigenvalue weighted by molar-refractivity contribution is 0.0925. The number of hydrogen-bond acceptors (Lipinski definition) is 3. The van der Waals surface area contributed by atoms with Gasteiger partial charge in [-0.3, -0.25) is 4.79 Å². The second-order valence-corrected chi connectivity index (χ2v) is 5.46. The lowest BCUT2D eigenvalue weighted by atomic mass is 10.2. The molecule has 2 aromatic carbocycles. The Morgan fingerprint density at radius 1 is 1.08 bits per heavy atom. The molecule has 0 saturated heterocycles. The zero-order chi connectivity index (χ0) is 16.4. The number of amides is 1. The van der Waals surface area contributed by atoms with Gasteiger partial charge in [0.2, 0.25) is 0 Å². The number of nitrogens with zero attached hydrogens (tertiary/aromatic N) is 2. The summed E-state index contributed by atoms with van der Waals surface area (Å²) in [5.41, 5.74) is 2.61. The molecule has 0 aliphatic carbocycles. The third-order valence-electron chi connectivity index (χ3n) is 3.76. The predicted octanol–water partition coefficient (Wildman–Crippen LogP) is 3.55. The highest BCUT2D eigenvalue weighted by molar-refractivity contribution is 5.95. The second kappa shape index (κ2) is 6.04. The van der Waals surface area contributed by atoms with Gasteiger partial charge in [0.1, 0.15) is 5.58 Å². The first-order valence-corrected chi connectivity index (χ1v) is 7.65. The first-order chi connectivity index (χ1) is 11.8. The van der Waals surface area contributed by atoms with Gasteiger partial charge in [0.25, 0.3) is 5.91 Å². The summed E-state index contributed by atoms with van der Waals surface area (Å²) in [4.78, 5) is 12.2. The van der Waals surface area contributed by atoms with E-state index in [4.69, 9.17) is 4.42 Å². The highest BCUT2D eigenvalue weighted by Crippen LogP contribution is 2.18. The van der Waals surface area contributed by atoms with Crippen LogP contribution in [0.4, 0.5) is 0 Å². The third-order valence-corrected chi connectivity index (χ3v) is 3.76. The Hall–Kier alpha value is -3.34. The molecule has 4 rings (SSSR count). The molecule has 0 spiro atoms. The lowest BCUT2D eigenvalue weighted by Gasteiger charge is -2.01. The van der Waals surface area contributed by atoms with E-state index in [1.165, 1.54) is 0 Å². The summed E-state index contributed by atoms with van der Waals surface area (Å²) < 4.78 is 7.34. The number of carbonyl (C=O) groups excluding carboxylic acids is 1. The maximum Gasteiger partial charge on any atom is 0.287 e. The van der Waals surface area contributed by atoms with Crippen LogP contribution in [-0.2, 0) is 6.54 Å².